The molecule has 1 saturated heterocycles. The SMILES string of the molecule is Nc1nc(C2CCNCC2)nc2c(F)cccc12. The van der Waals surface area contributed by atoms with Crippen molar-refractivity contribution in [2.24, 2.45) is 0 Å². The van der Waals surface area contributed by atoms with Crippen LogP contribution in [0.2, 0.25) is 0 Å². The number of aromatic nitrogens is 2. The first-order valence-corrected chi connectivity index (χ1v) is 6.18. The molecule has 0 amide bonds. The highest BCUT2D eigenvalue weighted by molar-refractivity contribution is 5.88. The molecule has 3 N–H and O–H groups in total. The van der Waals surface area contributed by atoms with Crippen LogP contribution in [0.15, 0.2) is 18.2 Å². The predicted molar refractivity (Wildman–Crippen MR) is 68.8 cm³/mol. The lowest BCUT2D eigenvalue weighted by molar-refractivity contribution is 0.446. The van der Waals surface area contributed by atoms with Crippen LogP contribution in [0, 0.1) is 5.82 Å². The average molecular weight is 246 g/mol. The minimum Gasteiger partial charge on any atom is -0.383 e. The monoisotopic (exact) mass is 246 g/mol. The third kappa shape index (κ3) is 1.90. The molecule has 2 heterocycles. The highest BCUT2D eigenvalue weighted by Gasteiger charge is 2.19. The number of hydrogen-bond acceptors (Lipinski definition) is 4. The number of para-hydroxylation sites is 1. The van der Waals surface area contributed by atoms with Crippen LogP contribution in [0.3, 0.4) is 0 Å². The Hall–Kier alpha value is -1.75. The second-order valence-corrected chi connectivity index (χ2v) is 4.63. The van der Waals surface area contributed by atoms with E-state index in [0.29, 0.717) is 22.5 Å². The first-order valence-electron chi connectivity index (χ1n) is 6.18. The maximum absolute atomic E-state index is 13.8. The minimum absolute atomic E-state index is 0.276. The van der Waals surface area contributed by atoms with E-state index in [4.69, 9.17) is 5.73 Å². The first-order chi connectivity index (χ1) is 8.75. The zero-order valence-electron chi connectivity index (χ0n) is 9.99. The molecular formula is C13H15FN4. The van der Waals surface area contributed by atoms with E-state index in [1.165, 1.54) is 6.07 Å². The largest absolute Gasteiger partial charge is 0.383 e. The number of rotatable bonds is 1. The van der Waals surface area contributed by atoms with Gasteiger partial charge in [-0.05, 0) is 38.1 Å². The predicted octanol–water partition coefficient (Wildman–Crippen LogP) is 1.82. The van der Waals surface area contributed by atoms with Crippen molar-refractivity contribution >= 4 is 16.7 Å². The number of piperidine rings is 1. The van der Waals surface area contributed by atoms with E-state index in [0.717, 1.165) is 25.9 Å². The molecule has 2 aromatic rings. The molecule has 3 rings (SSSR count). The fourth-order valence-electron chi connectivity index (χ4n) is 2.42. The van der Waals surface area contributed by atoms with Crippen molar-refractivity contribution in [3.8, 4) is 0 Å². The van der Waals surface area contributed by atoms with Gasteiger partial charge < -0.3 is 11.1 Å². The van der Waals surface area contributed by atoms with Gasteiger partial charge in [-0.15, -0.1) is 0 Å². The van der Waals surface area contributed by atoms with E-state index < -0.39 is 0 Å². The van der Waals surface area contributed by atoms with Crippen LogP contribution in [-0.2, 0) is 0 Å². The van der Waals surface area contributed by atoms with Crippen molar-refractivity contribution in [3.05, 3.63) is 29.8 Å². The summed E-state index contributed by atoms with van der Waals surface area (Å²) in [4.78, 5) is 8.70. The van der Waals surface area contributed by atoms with Crippen molar-refractivity contribution in [2.45, 2.75) is 18.8 Å². The molecule has 0 radical (unpaired) electrons. The van der Waals surface area contributed by atoms with Gasteiger partial charge in [0.05, 0.1) is 0 Å². The molecule has 0 atom stereocenters. The Labute approximate surface area is 104 Å². The summed E-state index contributed by atoms with van der Waals surface area (Å²) in [5.74, 6) is 0.981. The van der Waals surface area contributed by atoms with Crippen molar-refractivity contribution in [3.63, 3.8) is 0 Å². The summed E-state index contributed by atoms with van der Waals surface area (Å²) >= 11 is 0. The van der Waals surface area contributed by atoms with Crippen LogP contribution >= 0.6 is 0 Å². The molecule has 1 aliphatic heterocycles. The third-order valence-corrected chi connectivity index (χ3v) is 3.43. The fourth-order valence-corrected chi connectivity index (χ4v) is 2.42. The molecule has 1 aliphatic rings. The lowest BCUT2D eigenvalue weighted by atomic mass is 9.97. The van der Waals surface area contributed by atoms with Crippen molar-refractivity contribution < 1.29 is 4.39 Å². The molecular weight excluding hydrogens is 231 g/mol. The van der Waals surface area contributed by atoms with Gasteiger partial charge in [-0.25, -0.2) is 14.4 Å². The lowest BCUT2D eigenvalue weighted by Gasteiger charge is -2.21. The number of anilines is 1. The van der Waals surface area contributed by atoms with Gasteiger partial charge in [0.25, 0.3) is 0 Å². The van der Waals surface area contributed by atoms with Crippen LogP contribution in [0.5, 0.6) is 0 Å². The van der Waals surface area contributed by atoms with Crippen LogP contribution in [0.1, 0.15) is 24.6 Å². The maximum atomic E-state index is 13.8. The summed E-state index contributed by atoms with van der Waals surface area (Å²) in [5.41, 5.74) is 6.23. The number of nitrogens with two attached hydrogens (primary N) is 1. The zero-order chi connectivity index (χ0) is 12.5. The number of nitrogens with one attached hydrogen (secondary N) is 1. The van der Waals surface area contributed by atoms with Gasteiger partial charge in [0.15, 0.2) is 0 Å². The lowest BCUT2D eigenvalue weighted by Crippen LogP contribution is -2.27. The zero-order valence-corrected chi connectivity index (χ0v) is 9.99. The molecule has 4 nitrogen and oxygen atoms in total. The van der Waals surface area contributed by atoms with Crippen molar-refractivity contribution in [1.29, 1.82) is 0 Å². The smallest absolute Gasteiger partial charge is 0.149 e. The molecule has 0 spiro atoms. The highest BCUT2D eigenvalue weighted by atomic mass is 19.1. The van der Waals surface area contributed by atoms with E-state index in [9.17, 15) is 4.39 Å². The van der Waals surface area contributed by atoms with Crippen LogP contribution < -0.4 is 11.1 Å². The molecule has 18 heavy (non-hydrogen) atoms. The number of benzene rings is 1. The van der Waals surface area contributed by atoms with Crippen molar-refractivity contribution in [2.75, 3.05) is 18.8 Å². The molecule has 1 aromatic carbocycles. The normalized spacial score (nSPS) is 17.2. The second kappa shape index (κ2) is 4.49. The summed E-state index contributed by atoms with van der Waals surface area (Å²) < 4.78 is 13.8. The van der Waals surface area contributed by atoms with Crippen LogP contribution in [0.25, 0.3) is 10.9 Å². The second-order valence-electron chi connectivity index (χ2n) is 4.63. The van der Waals surface area contributed by atoms with Gasteiger partial charge >= 0.3 is 0 Å². The van der Waals surface area contributed by atoms with Gasteiger partial charge in [-0.1, -0.05) is 6.07 Å². The molecule has 0 aliphatic carbocycles. The number of hydrogen-bond donors (Lipinski definition) is 2. The van der Waals surface area contributed by atoms with Crippen molar-refractivity contribution in [1.82, 2.24) is 15.3 Å². The molecule has 0 unspecified atom stereocenters. The Morgan fingerprint density at radius 2 is 2.00 bits per heavy atom. The summed E-state index contributed by atoms with van der Waals surface area (Å²) in [6, 6.07) is 4.78. The summed E-state index contributed by atoms with van der Waals surface area (Å²) in [6.45, 7) is 1.90. The third-order valence-electron chi connectivity index (χ3n) is 3.43. The number of fused-ring (bicyclic) bond motifs is 1. The van der Waals surface area contributed by atoms with E-state index in [-0.39, 0.29) is 11.7 Å². The topological polar surface area (TPSA) is 63.8 Å². The number of halogens is 1. The standard InChI is InChI=1S/C13H15FN4/c14-10-3-1-2-9-11(10)17-13(18-12(9)15)8-4-6-16-7-5-8/h1-3,8,16H,4-7H2,(H2,15,17,18). The maximum Gasteiger partial charge on any atom is 0.149 e. The Bertz CT molecular complexity index is 578. The summed E-state index contributed by atoms with van der Waals surface area (Å²) in [7, 11) is 0. The molecule has 94 valence electrons. The van der Waals surface area contributed by atoms with E-state index in [1.807, 2.05) is 0 Å². The number of nitrogens with zero attached hydrogens (tertiary/aromatic N) is 2. The Morgan fingerprint density at radius 3 is 2.78 bits per heavy atom. The van der Waals surface area contributed by atoms with Gasteiger partial charge in [0, 0.05) is 11.3 Å². The van der Waals surface area contributed by atoms with E-state index in [1.54, 1.807) is 12.1 Å². The molecule has 1 aromatic heterocycles. The van der Waals surface area contributed by atoms with Gasteiger partial charge in [0.2, 0.25) is 0 Å². The highest BCUT2D eigenvalue weighted by Crippen LogP contribution is 2.27. The summed E-state index contributed by atoms with van der Waals surface area (Å²) in [6.07, 6.45) is 1.94. The van der Waals surface area contributed by atoms with Gasteiger partial charge in [-0.2, -0.15) is 0 Å². The quantitative estimate of drug-likeness (QED) is 0.805. The molecule has 0 saturated carbocycles. The first kappa shape index (κ1) is 11.3. The average Bonchev–Trinajstić information content (AvgIpc) is 2.41. The molecule has 5 heteroatoms. The molecule has 1 fully saturated rings. The fraction of sp³-hybridized carbons (Fsp3) is 0.385. The Kier molecular flexibility index (Phi) is 2.83. The van der Waals surface area contributed by atoms with E-state index in [2.05, 4.69) is 15.3 Å². The van der Waals surface area contributed by atoms with Gasteiger partial charge in [0.1, 0.15) is 23.0 Å². The van der Waals surface area contributed by atoms with Crippen LogP contribution in [-0.4, -0.2) is 23.1 Å². The van der Waals surface area contributed by atoms with Crippen LogP contribution in [0.4, 0.5) is 10.2 Å². The summed E-state index contributed by atoms with van der Waals surface area (Å²) in [5, 5.41) is 3.88. The minimum atomic E-state index is -0.336. The number of nitrogen functional groups attached to an aromatic ring is 1. The Morgan fingerprint density at radius 1 is 1.22 bits per heavy atom. The Balaban J connectivity index is 2.11. The van der Waals surface area contributed by atoms with Gasteiger partial charge in [-0.3, -0.25) is 0 Å². The molecule has 0 bridgehead atoms. The van der Waals surface area contributed by atoms with E-state index >= 15 is 0 Å².